The van der Waals surface area contributed by atoms with Crippen molar-refractivity contribution in [1.29, 1.82) is 5.26 Å². The van der Waals surface area contributed by atoms with Gasteiger partial charge in [-0.05, 0) is 24.3 Å². The summed E-state index contributed by atoms with van der Waals surface area (Å²) in [5, 5.41) is 9.34. The van der Waals surface area contributed by atoms with Gasteiger partial charge in [0.1, 0.15) is 6.07 Å². The minimum absolute atomic E-state index is 0.270. The van der Waals surface area contributed by atoms with E-state index < -0.39 is 0 Å². The van der Waals surface area contributed by atoms with Crippen molar-refractivity contribution in [3.8, 4) is 6.07 Å². The van der Waals surface area contributed by atoms with Gasteiger partial charge in [-0.3, -0.25) is 4.79 Å². The molecule has 0 saturated heterocycles. The average Bonchev–Trinajstić information content (AvgIpc) is 2.26. The van der Waals surface area contributed by atoms with E-state index in [0.29, 0.717) is 16.3 Å². The maximum Gasteiger partial charge on any atom is 0.250 e. The van der Waals surface area contributed by atoms with Crippen molar-refractivity contribution >= 4 is 23.2 Å². The van der Waals surface area contributed by atoms with Gasteiger partial charge in [0.2, 0.25) is 5.91 Å². The zero-order valence-corrected chi connectivity index (χ0v) is 8.95. The molecular formula is C11H9ClN2O. The van der Waals surface area contributed by atoms with Gasteiger partial charge in [0, 0.05) is 12.1 Å². The third-order valence-electron chi connectivity index (χ3n) is 1.95. The highest BCUT2D eigenvalue weighted by atomic mass is 35.5. The smallest absolute Gasteiger partial charge is 0.250 e. The van der Waals surface area contributed by atoms with E-state index in [2.05, 4.69) is 6.58 Å². The Morgan fingerprint density at radius 2 is 2.33 bits per heavy atom. The summed E-state index contributed by atoms with van der Waals surface area (Å²) in [6, 6.07) is 6.76. The van der Waals surface area contributed by atoms with Gasteiger partial charge in [-0.25, -0.2) is 0 Å². The van der Waals surface area contributed by atoms with Crippen LogP contribution >= 0.6 is 11.6 Å². The van der Waals surface area contributed by atoms with Crippen LogP contribution in [0.15, 0.2) is 30.9 Å². The zero-order chi connectivity index (χ0) is 11.4. The van der Waals surface area contributed by atoms with Gasteiger partial charge < -0.3 is 4.90 Å². The minimum atomic E-state index is -0.270. The van der Waals surface area contributed by atoms with Gasteiger partial charge in [0.05, 0.1) is 11.3 Å². The molecular weight excluding hydrogens is 212 g/mol. The Morgan fingerprint density at radius 1 is 1.67 bits per heavy atom. The minimum Gasteiger partial charge on any atom is -0.311 e. The van der Waals surface area contributed by atoms with Gasteiger partial charge in [0.25, 0.3) is 0 Å². The third-order valence-corrected chi connectivity index (χ3v) is 2.18. The number of halogens is 1. The number of nitrogens with zero attached hydrogens (tertiary/aromatic N) is 2. The molecule has 1 amide bonds. The summed E-state index contributed by atoms with van der Waals surface area (Å²) in [4.78, 5) is 12.7. The third kappa shape index (κ3) is 2.36. The number of nitriles is 1. The molecule has 0 aliphatic carbocycles. The molecule has 0 heterocycles. The number of likely N-dealkylation sites (N-methyl/N-ethyl adjacent to an activating group) is 1. The summed E-state index contributed by atoms with van der Waals surface area (Å²) in [6.07, 6.45) is 1.19. The first-order valence-corrected chi connectivity index (χ1v) is 4.57. The van der Waals surface area contributed by atoms with Gasteiger partial charge in [-0.15, -0.1) is 0 Å². The van der Waals surface area contributed by atoms with Gasteiger partial charge in [0.15, 0.2) is 0 Å². The van der Waals surface area contributed by atoms with E-state index in [4.69, 9.17) is 16.9 Å². The van der Waals surface area contributed by atoms with Crippen LogP contribution in [0.3, 0.4) is 0 Å². The zero-order valence-electron chi connectivity index (χ0n) is 8.20. The predicted molar refractivity (Wildman–Crippen MR) is 59.8 cm³/mol. The molecule has 0 N–H and O–H groups in total. The van der Waals surface area contributed by atoms with Gasteiger partial charge in [-0.1, -0.05) is 18.2 Å². The van der Waals surface area contributed by atoms with Crippen LogP contribution in [0.4, 0.5) is 5.69 Å². The molecule has 0 bridgehead atoms. The number of amides is 1. The number of hydrogen-bond acceptors (Lipinski definition) is 2. The molecule has 0 aliphatic heterocycles. The van der Waals surface area contributed by atoms with Crippen LogP contribution in [0.2, 0.25) is 5.02 Å². The van der Waals surface area contributed by atoms with E-state index in [1.807, 2.05) is 6.07 Å². The predicted octanol–water partition coefficient (Wildman–Crippen LogP) is 2.36. The van der Waals surface area contributed by atoms with Crippen molar-refractivity contribution in [2.45, 2.75) is 0 Å². The number of carbonyl (C=O) groups is 1. The highest BCUT2D eigenvalue weighted by Crippen LogP contribution is 2.22. The fourth-order valence-corrected chi connectivity index (χ4v) is 1.32. The molecule has 76 valence electrons. The van der Waals surface area contributed by atoms with Crippen LogP contribution in [0.5, 0.6) is 0 Å². The standard InChI is InChI=1S/C11H9ClN2O/c1-3-11(15)14(2)10-5-4-9(12)6-8(10)7-13/h3-6H,1H2,2H3. The molecule has 15 heavy (non-hydrogen) atoms. The number of rotatable bonds is 2. The second-order valence-electron chi connectivity index (χ2n) is 2.87. The Hall–Kier alpha value is -1.79. The molecule has 1 aromatic carbocycles. The first-order chi connectivity index (χ1) is 7.10. The van der Waals surface area contributed by atoms with Crippen LogP contribution in [-0.4, -0.2) is 13.0 Å². The Bertz CT molecular complexity index is 448. The van der Waals surface area contributed by atoms with Crippen LogP contribution in [0.25, 0.3) is 0 Å². The average molecular weight is 221 g/mol. The second-order valence-corrected chi connectivity index (χ2v) is 3.31. The van der Waals surface area contributed by atoms with Crippen LogP contribution in [-0.2, 0) is 4.79 Å². The monoisotopic (exact) mass is 220 g/mol. The summed E-state index contributed by atoms with van der Waals surface area (Å²) in [5.74, 6) is -0.270. The van der Waals surface area contributed by atoms with Crippen LogP contribution < -0.4 is 4.90 Å². The second kappa shape index (κ2) is 4.63. The molecule has 0 aromatic heterocycles. The quantitative estimate of drug-likeness (QED) is 0.719. The summed E-state index contributed by atoms with van der Waals surface area (Å²) < 4.78 is 0. The Balaban J connectivity index is 3.20. The van der Waals surface area contributed by atoms with Gasteiger partial charge in [-0.2, -0.15) is 5.26 Å². The molecule has 0 radical (unpaired) electrons. The number of carbonyl (C=O) groups excluding carboxylic acids is 1. The molecule has 0 unspecified atom stereocenters. The van der Waals surface area contributed by atoms with Crippen LogP contribution in [0, 0.1) is 11.3 Å². The summed E-state index contributed by atoms with van der Waals surface area (Å²) >= 11 is 5.74. The van der Waals surface area contributed by atoms with E-state index in [1.165, 1.54) is 17.0 Å². The Kier molecular flexibility index (Phi) is 3.48. The first-order valence-electron chi connectivity index (χ1n) is 4.20. The maximum atomic E-state index is 11.3. The van der Waals surface area contributed by atoms with E-state index in [9.17, 15) is 4.79 Å². The maximum absolute atomic E-state index is 11.3. The van der Waals surface area contributed by atoms with E-state index in [-0.39, 0.29) is 5.91 Å². The molecule has 0 atom stereocenters. The highest BCUT2D eigenvalue weighted by molar-refractivity contribution is 6.30. The lowest BCUT2D eigenvalue weighted by Gasteiger charge is -2.16. The number of anilines is 1. The lowest BCUT2D eigenvalue weighted by Crippen LogP contribution is -2.24. The van der Waals surface area contributed by atoms with Crippen molar-refractivity contribution < 1.29 is 4.79 Å². The Morgan fingerprint density at radius 3 is 2.87 bits per heavy atom. The summed E-state index contributed by atoms with van der Waals surface area (Å²) in [6.45, 7) is 3.38. The highest BCUT2D eigenvalue weighted by Gasteiger charge is 2.11. The molecule has 0 saturated carbocycles. The molecule has 0 aliphatic rings. The Labute approximate surface area is 93.2 Å². The normalized spacial score (nSPS) is 9.13. The SMILES string of the molecule is C=CC(=O)N(C)c1ccc(Cl)cc1C#N. The lowest BCUT2D eigenvalue weighted by molar-refractivity contribution is -0.113. The van der Waals surface area contributed by atoms with E-state index in [1.54, 1.807) is 19.2 Å². The fraction of sp³-hybridized carbons (Fsp3) is 0.0909. The molecule has 1 rings (SSSR count). The lowest BCUT2D eigenvalue weighted by atomic mass is 10.2. The molecule has 4 heteroatoms. The van der Waals surface area contributed by atoms with Crippen LogP contribution in [0.1, 0.15) is 5.56 Å². The van der Waals surface area contributed by atoms with Crippen molar-refractivity contribution in [3.05, 3.63) is 41.4 Å². The fourth-order valence-electron chi connectivity index (χ4n) is 1.15. The van der Waals surface area contributed by atoms with Crippen molar-refractivity contribution in [3.63, 3.8) is 0 Å². The molecule has 1 aromatic rings. The first kappa shape index (κ1) is 11.3. The van der Waals surface area contributed by atoms with Crippen molar-refractivity contribution in [2.24, 2.45) is 0 Å². The molecule has 0 fully saturated rings. The number of benzene rings is 1. The van der Waals surface area contributed by atoms with E-state index in [0.717, 1.165) is 0 Å². The summed E-state index contributed by atoms with van der Waals surface area (Å²) in [5.41, 5.74) is 0.881. The molecule has 0 spiro atoms. The van der Waals surface area contributed by atoms with E-state index >= 15 is 0 Å². The largest absolute Gasteiger partial charge is 0.311 e. The topological polar surface area (TPSA) is 44.1 Å². The molecule has 3 nitrogen and oxygen atoms in total. The van der Waals surface area contributed by atoms with Gasteiger partial charge >= 0.3 is 0 Å². The summed E-state index contributed by atoms with van der Waals surface area (Å²) in [7, 11) is 1.58. The van der Waals surface area contributed by atoms with Crippen molar-refractivity contribution in [2.75, 3.05) is 11.9 Å². The number of hydrogen-bond donors (Lipinski definition) is 0. The van der Waals surface area contributed by atoms with Crippen molar-refractivity contribution in [1.82, 2.24) is 0 Å².